The first-order valence-corrected chi connectivity index (χ1v) is 4.88. The van der Waals surface area contributed by atoms with E-state index in [4.69, 9.17) is 4.42 Å². The van der Waals surface area contributed by atoms with E-state index in [2.05, 4.69) is 15.3 Å². The van der Waals surface area contributed by atoms with Gasteiger partial charge >= 0.3 is 0 Å². The number of oxazole rings is 1. The molecule has 0 unspecified atom stereocenters. The van der Waals surface area contributed by atoms with Crippen molar-refractivity contribution in [3.8, 4) is 0 Å². The predicted octanol–water partition coefficient (Wildman–Crippen LogP) is 0.928. The number of pyridine rings is 1. The van der Waals surface area contributed by atoms with Crippen molar-refractivity contribution in [1.29, 1.82) is 0 Å². The van der Waals surface area contributed by atoms with Gasteiger partial charge in [0.25, 0.3) is 0 Å². The zero-order chi connectivity index (χ0) is 11.2. The fourth-order valence-electron chi connectivity index (χ4n) is 1.24. The quantitative estimate of drug-likeness (QED) is 0.827. The highest BCUT2D eigenvalue weighted by atomic mass is 16.3. The van der Waals surface area contributed by atoms with E-state index in [1.165, 1.54) is 12.7 Å². The van der Waals surface area contributed by atoms with Gasteiger partial charge in [-0.1, -0.05) is 6.07 Å². The lowest BCUT2D eigenvalue weighted by Crippen LogP contribution is -2.25. The summed E-state index contributed by atoms with van der Waals surface area (Å²) >= 11 is 0. The van der Waals surface area contributed by atoms with E-state index >= 15 is 0 Å². The van der Waals surface area contributed by atoms with Crippen molar-refractivity contribution in [2.45, 2.75) is 13.0 Å². The summed E-state index contributed by atoms with van der Waals surface area (Å²) in [4.78, 5) is 19.4. The van der Waals surface area contributed by atoms with Crippen LogP contribution < -0.4 is 5.32 Å². The first-order valence-electron chi connectivity index (χ1n) is 4.88. The van der Waals surface area contributed by atoms with Gasteiger partial charge in [-0.05, 0) is 12.1 Å². The first-order chi connectivity index (χ1) is 7.84. The molecule has 0 aliphatic rings. The summed E-state index contributed by atoms with van der Waals surface area (Å²) < 4.78 is 4.77. The molecule has 16 heavy (non-hydrogen) atoms. The molecule has 0 aliphatic heterocycles. The van der Waals surface area contributed by atoms with E-state index in [0.29, 0.717) is 12.2 Å². The molecule has 2 aromatic rings. The largest absolute Gasteiger partial charge is 0.451 e. The highest BCUT2D eigenvalue weighted by Crippen LogP contribution is 1.96. The Morgan fingerprint density at radius 3 is 2.94 bits per heavy atom. The van der Waals surface area contributed by atoms with Gasteiger partial charge in [-0.25, -0.2) is 4.98 Å². The van der Waals surface area contributed by atoms with Gasteiger partial charge in [-0.15, -0.1) is 0 Å². The Morgan fingerprint density at radius 2 is 2.25 bits per heavy atom. The molecule has 0 bridgehead atoms. The van der Waals surface area contributed by atoms with Gasteiger partial charge in [-0.3, -0.25) is 9.78 Å². The number of nitrogens with zero attached hydrogens (tertiary/aromatic N) is 2. The number of nitrogens with one attached hydrogen (secondary N) is 1. The van der Waals surface area contributed by atoms with Crippen LogP contribution in [-0.4, -0.2) is 15.9 Å². The number of amides is 1. The molecule has 2 heterocycles. The predicted molar refractivity (Wildman–Crippen MR) is 56.3 cm³/mol. The molecular formula is C11H11N3O2. The Kier molecular flexibility index (Phi) is 3.28. The molecule has 5 nitrogen and oxygen atoms in total. The number of rotatable bonds is 4. The number of hydrogen-bond donors (Lipinski definition) is 1. The summed E-state index contributed by atoms with van der Waals surface area (Å²) in [7, 11) is 0. The van der Waals surface area contributed by atoms with Crippen molar-refractivity contribution in [3.05, 3.63) is 48.4 Å². The summed E-state index contributed by atoms with van der Waals surface area (Å²) in [5.74, 6) is -0.0976. The molecule has 0 atom stereocenters. The molecular weight excluding hydrogens is 206 g/mol. The molecule has 0 radical (unpaired) electrons. The summed E-state index contributed by atoms with van der Waals surface area (Å²) in [6, 6.07) is 5.57. The van der Waals surface area contributed by atoms with Crippen LogP contribution in [0.15, 0.2) is 41.5 Å². The van der Waals surface area contributed by atoms with Gasteiger partial charge in [0.05, 0.1) is 24.4 Å². The molecule has 0 aliphatic carbocycles. The van der Waals surface area contributed by atoms with E-state index in [1.807, 2.05) is 18.2 Å². The summed E-state index contributed by atoms with van der Waals surface area (Å²) in [6.45, 7) is 0.428. The minimum absolute atomic E-state index is 0.0976. The Bertz CT molecular complexity index is 440. The zero-order valence-corrected chi connectivity index (χ0v) is 8.59. The van der Waals surface area contributed by atoms with Crippen LogP contribution in [0.1, 0.15) is 11.4 Å². The number of aromatic nitrogens is 2. The molecule has 2 aromatic heterocycles. The van der Waals surface area contributed by atoms with Gasteiger partial charge in [0.2, 0.25) is 5.91 Å². The van der Waals surface area contributed by atoms with Crippen molar-refractivity contribution in [1.82, 2.24) is 15.3 Å². The maximum absolute atomic E-state index is 11.5. The second kappa shape index (κ2) is 5.06. The molecule has 1 amide bonds. The molecule has 0 saturated carbocycles. The summed E-state index contributed by atoms with van der Waals surface area (Å²) in [5, 5.41) is 2.75. The van der Waals surface area contributed by atoms with E-state index in [-0.39, 0.29) is 12.3 Å². The fraction of sp³-hybridized carbons (Fsp3) is 0.182. The molecule has 0 spiro atoms. The molecule has 5 heteroatoms. The average molecular weight is 217 g/mol. The van der Waals surface area contributed by atoms with Crippen LogP contribution in [0.5, 0.6) is 0 Å². The molecule has 2 rings (SSSR count). The maximum Gasteiger partial charge on any atom is 0.226 e. The van der Waals surface area contributed by atoms with Gasteiger partial charge in [-0.2, -0.15) is 0 Å². The Labute approximate surface area is 92.5 Å². The van der Waals surface area contributed by atoms with E-state index < -0.39 is 0 Å². The number of hydrogen-bond acceptors (Lipinski definition) is 4. The second-order valence-corrected chi connectivity index (χ2v) is 3.25. The topological polar surface area (TPSA) is 68.0 Å². The molecule has 0 aromatic carbocycles. The van der Waals surface area contributed by atoms with Crippen LogP contribution in [0.2, 0.25) is 0 Å². The second-order valence-electron chi connectivity index (χ2n) is 3.25. The van der Waals surface area contributed by atoms with Crippen LogP contribution in [0.25, 0.3) is 0 Å². The van der Waals surface area contributed by atoms with Gasteiger partial charge in [0.15, 0.2) is 6.39 Å². The van der Waals surface area contributed by atoms with Crippen molar-refractivity contribution >= 4 is 5.91 Å². The van der Waals surface area contributed by atoms with Crippen LogP contribution >= 0.6 is 0 Å². The van der Waals surface area contributed by atoms with Crippen molar-refractivity contribution in [2.24, 2.45) is 0 Å². The van der Waals surface area contributed by atoms with Gasteiger partial charge < -0.3 is 9.73 Å². The Balaban J connectivity index is 1.80. The van der Waals surface area contributed by atoms with Gasteiger partial charge in [0.1, 0.15) is 6.26 Å². The maximum atomic E-state index is 11.5. The SMILES string of the molecule is O=C(Cc1cocn1)NCc1ccccn1. The fourth-order valence-corrected chi connectivity index (χ4v) is 1.24. The first kappa shape index (κ1) is 10.4. The Hall–Kier alpha value is -2.17. The third-order valence-electron chi connectivity index (χ3n) is 2.02. The van der Waals surface area contributed by atoms with Gasteiger partial charge in [0, 0.05) is 6.20 Å². The lowest BCUT2D eigenvalue weighted by Gasteiger charge is -2.02. The van der Waals surface area contributed by atoms with E-state index in [9.17, 15) is 4.79 Å². The van der Waals surface area contributed by atoms with E-state index in [1.54, 1.807) is 6.20 Å². The van der Waals surface area contributed by atoms with Crippen LogP contribution in [-0.2, 0) is 17.8 Å². The minimum Gasteiger partial charge on any atom is -0.451 e. The van der Waals surface area contributed by atoms with Crippen molar-refractivity contribution < 1.29 is 9.21 Å². The van der Waals surface area contributed by atoms with Crippen LogP contribution in [0.4, 0.5) is 0 Å². The third-order valence-corrected chi connectivity index (χ3v) is 2.02. The lowest BCUT2D eigenvalue weighted by molar-refractivity contribution is -0.120. The highest BCUT2D eigenvalue weighted by molar-refractivity contribution is 5.77. The molecule has 0 fully saturated rings. The highest BCUT2D eigenvalue weighted by Gasteiger charge is 2.05. The Morgan fingerprint density at radius 1 is 1.31 bits per heavy atom. The molecule has 82 valence electrons. The third kappa shape index (κ3) is 2.91. The summed E-state index contributed by atoms with van der Waals surface area (Å²) in [6.07, 6.45) is 4.68. The molecule has 1 N–H and O–H groups in total. The average Bonchev–Trinajstić information content (AvgIpc) is 2.81. The number of carbonyl (C=O) groups is 1. The van der Waals surface area contributed by atoms with Crippen LogP contribution in [0.3, 0.4) is 0 Å². The lowest BCUT2D eigenvalue weighted by atomic mass is 10.3. The van der Waals surface area contributed by atoms with Crippen molar-refractivity contribution in [3.63, 3.8) is 0 Å². The smallest absolute Gasteiger partial charge is 0.226 e. The summed E-state index contributed by atoms with van der Waals surface area (Å²) in [5.41, 5.74) is 1.45. The minimum atomic E-state index is -0.0976. The standard InChI is InChI=1S/C11H11N3O2/c15-11(5-10-7-16-8-14-10)13-6-9-3-1-2-4-12-9/h1-4,7-8H,5-6H2,(H,13,15). The number of carbonyl (C=O) groups excluding carboxylic acids is 1. The van der Waals surface area contributed by atoms with Crippen molar-refractivity contribution in [2.75, 3.05) is 0 Å². The zero-order valence-electron chi connectivity index (χ0n) is 8.59. The van der Waals surface area contributed by atoms with E-state index in [0.717, 1.165) is 5.69 Å². The monoisotopic (exact) mass is 217 g/mol. The van der Waals surface area contributed by atoms with Crippen LogP contribution in [0, 0.1) is 0 Å². The molecule has 0 saturated heterocycles. The normalized spacial score (nSPS) is 10.0.